The Bertz CT molecular complexity index is 630. The molecule has 2 aromatic rings. The molecule has 2 rings (SSSR count). The molecule has 1 heterocycles. The second-order valence-electron chi connectivity index (χ2n) is 3.68. The minimum atomic E-state index is -0.512. The van der Waals surface area contributed by atoms with E-state index in [-0.39, 0.29) is 5.75 Å². The lowest BCUT2D eigenvalue weighted by molar-refractivity contribution is 0.355. The summed E-state index contributed by atoms with van der Waals surface area (Å²) in [5.74, 6) is 0.710. The van der Waals surface area contributed by atoms with Crippen LogP contribution in [0.25, 0.3) is 10.8 Å². The Morgan fingerprint density at radius 3 is 2.18 bits per heavy atom. The molecular weight excluding hydrogens is 222 g/mol. The van der Waals surface area contributed by atoms with Crippen molar-refractivity contribution in [3.05, 3.63) is 28.2 Å². The van der Waals surface area contributed by atoms with Crippen LogP contribution in [0, 0.1) is 6.92 Å². The molecular formula is C12H13NO4. The zero-order chi connectivity index (χ0) is 12.6. The van der Waals surface area contributed by atoms with Crippen molar-refractivity contribution in [1.29, 1.82) is 0 Å². The van der Waals surface area contributed by atoms with Gasteiger partial charge in [-0.05, 0) is 19.1 Å². The number of hydrogen-bond acceptors (Lipinski definition) is 4. The number of pyridine rings is 1. The molecule has 5 heteroatoms. The average molecular weight is 235 g/mol. The highest BCUT2D eigenvalue weighted by molar-refractivity contribution is 5.92. The lowest BCUT2D eigenvalue weighted by atomic mass is 10.1. The van der Waals surface area contributed by atoms with Crippen molar-refractivity contribution in [2.45, 2.75) is 6.92 Å². The summed E-state index contributed by atoms with van der Waals surface area (Å²) in [4.78, 5) is 14.0. The molecule has 0 aliphatic heterocycles. The Morgan fingerprint density at radius 1 is 1.12 bits per heavy atom. The maximum absolute atomic E-state index is 11.4. The zero-order valence-corrected chi connectivity index (χ0v) is 9.83. The van der Waals surface area contributed by atoms with Crippen molar-refractivity contribution in [3.8, 4) is 17.2 Å². The number of rotatable bonds is 2. The lowest BCUT2D eigenvalue weighted by Gasteiger charge is -2.11. The fourth-order valence-electron chi connectivity index (χ4n) is 1.80. The summed E-state index contributed by atoms with van der Waals surface area (Å²) in [6.07, 6.45) is 0. The molecule has 0 amide bonds. The van der Waals surface area contributed by atoms with Crippen LogP contribution in [0.1, 0.15) is 5.69 Å². The van der Waals surface area contributed by atoms with Crippen molar-refractivity contribution in [2.24, 2.45) is 0 Å². The van der Waals surface area contributed by atoms with Crippen LogP contribution in [0.3, 0.4) is 0 Å². The van der Waals surface area contributed by atoms with Crippen LogP contribution in [0.4, 0.5) is 0 Å². The summed E-state index contributed by atoms with van der Waals surface area (Å²) in [6.45, 7) is 1.76. The summed E-state index contributed by atoms with van der Waals surface area (Å²) in [5.41, 5.74) is 0.158. The maximum Gasteiger partial charge on any atom is 0.290 e. The molecule has 0 radical (unpaired) electrons. The Labute approximate surface area is 97.6 Å². The second kappa shape index (κ2) is 4.01. The first-order chi connectivity index (χ1) is 8.08. The number of H-pyrrole nitrogens is 1. The smallest absolute Gasteiger partial charge is 0.290 e. The summed E-state index contributed by atoms with van der Waals surface area (Å²) in [6, 6.07) is 3.31. The molecule has 0 unspecified atom stereocenters. The van der Waals surface area contributed by atoms with Crippen LogP contribution in [0.5, 0.6) is 17.2 Å². The van der Waals surface area contributed by atoms with E-state index in [0.717, 1.165) is 5.39 Å². The van der Waals surface area contributed by atoms with E-state index < -0.39 is 5.56 Å². The van der Waals surface area contributed by atoms with Crippen LogP contribution in [0.2, 0.25) is 0 Å². The molecule has 1 aromatic carbocycles. The molecule has 17 heavy (non-hydrogen) atoms. The van der Waals surface area contributed by atoms with Gasteiger partial charge in [-0.25, -0.2) is 0 Å². The topological polar surface area (TPSA) is 71.6 Å². The van der Waals surface area contributed by atoms with Gasteiger partial charge in [0.2, 0.25) is 0 Å². The molecule has 0 saturated heterocycles. The number of aryl methyl sites for hydroxylation is 1. The fourth-order valence-corrected chi connectivity index (χ4v) is 1.80. The maximum atomic E-state index is 11.4. The number of hydrogen-bond donors (Lipinski definition) is 2. The van der Waals surface area contributed by atoms with E-state index in [9.17, 15) is 9.90 Å². The molecule has 0 aliphatic carbocycles. The van der Waals surface area contributed by atoms with Gasteiger partial charge in [0.1, 0.15) is 0 Å². The van der Waals surface area contributed by atoms with Crippen LogP contribution < -0.4 is 15.0 Å². The van der Waals surface area contributed by atoms with Gasteiger partial charge in [-0.2, -0.15) is 0 Å². The second-order valence-corrected chi connectivity index (χ2v) is 3.68. The van der Waals surface area contributed by atoms with Crippen LogP contribution >= 0.6 is 0 Å². The van der Waals surface area contributed by atoms with Crippen LogP contribution in [-0.2, 0) is 0 Å². The molecule has 0 aliphatic rings. The van der Waals surface area contributed by atoms with E-state index in [1.54, 1.807) is 19.1 Å². The Hall–Kier alpha value is -2.17. The average Bonchev–Trinajstić information content (AvgIpc) is 2.34. The lowest BCUT2D eigenvalue weighted by Crippen LogP contribution is -2.07. The number of fused-ring (bicyclic) bond motifs is 1. The van der Waals surface area contributed by atoms with Gasteiger partial charge in [-0.3, -0.25) is 4.79 Å². The quantitative estimate of drug-likeness (QED) is 0.828. The van der Waals surface area contributed by atoms with Crippen molar-refractivity contribution >= 4 is 10.8 Å². The zero-order valence-electron chi connectivity index (χ0n) is 9.83. The standard InChI is InChI=1S/C12H13NO4/c1-6-7-4-9(16-2)10(17-3)5-8(7)11(14)12(15)13-6/h4-5,14H,1-3H3,(H,13,15). The van der Waals surface area contributed by atoms with E-state index in [0.29, 0.717) is 22.6 Å². The monoisotopic (exact) mass is 235 g/mol. The van der Waals surface area contributed by atoms with Gasteiger partial charge >= 0.3 is 0 Å². The highest BCUT2D eigenvalue weighted by atomic mass is 16.5. The predicted octanol–water partition coefficient (Wildman–Crippen LogP) is 1.56. The first kappa shape index (κ1) is 11.3. The largest absolute Gasteiger partial charge is 0.503 e. The third-order valence-electron chi connectivity index (χ3n) is 2.70. The van der Waals surface area contributed by atoms with E-state index in [1.807, 2.05) is 0 Å². The SMILES string of the molecule is COc1cc2c(C)[nH]c(=O)c(O)c2cc1OC. The van der Waals surface area contributed by atoms with Crippen molar-refractivity contribution in [2.75, 3.05) is 14.2 Å². The van der Waals surface area contributed by atoms with Crippen LogP contribution in [0.15, 0.2) is 16.9 Å². The van der Waals surface area contributed by atoms with E-state index in [1.165, 1.54) is 14.2 Å². The Balaban J connectivity index is 2.92. The Morgan fingerprint density at radius 2 is 1.65 bits per heavy atom. The number of benzene rings is 1. The number of ether oxygens (including phenoxy) is 2. The van der Waals surface area contributed by atoms with E-state index in [2.05, 4.69) is 4.98 Å². The molecule has 0 fully saturated rings. The summed E-state index contributed by atoms with van der Waals surface area (Å²) < 4.78 is 10.3. The molecule has 0 atom stereocenters. The van der Waals surface area contributed by atoms with Gasteiger partial charge in [-0.15, -0.1) is 0 Å². The number of aromatic hydroxyl groups is 1. The number of nitrogens with one attached hydrogen (secondary N) is 1. The minimum absolute atomic E-state index is 0.313. The molecule has 2 N–H and O–H groups in total. The molecule has 0 saturated carbocycles. The normalized spacial score (nSPS) is 10.5. The minimum Gasteiger partial charge on any atom is -0.503 e. The molecule has 5 nitrogen and oxygen atoms in total. The van der Waals surface area contributed by atoms with Gasteiger partial charge < -0.3 is 19.6 Å². The van der Waals surface area contributed by atoms with Crippen LogP contribution in [-0.4, -0.2) is 24.3 Å². The Kier molecular flexibility index (Phi) is 2.67. The summed E-state index contributed by atoms with van der Waals surface area (Å²) in [5, 5.41) is 10.9. The number of aromatic amines is 1. The van der Waals surface area contributed by atoms with Crippen molar-refractivity contribution in [1.82, 2.24) is 4.98 Å². The molecule has 0 spiro atoms. The predicted molar refractivity (Wildman–Crippen MR) is 64.1 cm³/mol. The van der Waals surface area contributed by atoms with Gasteiger partial charge in [0.05, 0.1) is 14.2 Å². The summed E-state index contributed by atoms with van der Waals surface area (Å²) in [7, 11) is 3.03. The first-order valence-electron chi connectivity index (χ1n) is 5.06. The third-order valence-corrected chi connectivity index (χ3v) is 2.70. The van der Waals surface area contributed by atoms with Gasteiger partial charge in [-0.1, -0.05) is 0 Å². The van der Waals surface area contributed by atoms with Gasteiger partial charge in [0, 0.05) is 16.5 Å². The van der Waals surface area contributed by atoms with Gasteiger partial charge in [0.15, 0.2) is 17.2 Å². The number of aromatic nitrogens is 1. The van der Waals surface area contributed by atoms with Crippen molar-refractivity contribution in [3.63, 3.8) is 0 Å². The van der Waals surface area contributed by atoms with E-state index in [4.69, 9.17) is 9.47 Å². The highest BCUT2D eigenvalue weighted by Crippen LogP contribution is 2.35. The number of methoxy groups -OCH3 is 2. The molecule has 90 valence electrons. The third kappa shape index (κ3) is 1.69. The first-order valence-corrected chi connectivity index (χ1v) is 5.06. The van der Waals surface area contributed by atoms with Gasteiger partial charge in [0.25, 0.3) is 5.56 Å². The molecule has 0 bridgehead atoms. The van der Waals surface area contributed by atoms with E-state index >= 15 is 0 Å². The summed E-state index contributed by atoms with van der Waals surface area (Å²) >= 11 is 0. The molecule has 1 aromatic heterocycles. The fraction of sp³-hybridized carbons (Fsp3) is 0.250. The van der Waals surface area contributed by atoms with Crippen molar-refractivity contribution < 1.29 is 14.6 Å². The highest BCUT2D eigenvalue weighted by Gasteiger charge is 2.12.